The van der Waals surface area contributed by atoms with Crippen LogP contribution in [0.1, 0.15) is 15.8 Å². The van der Waals surface area contributed by atoms with Crippen molar-refractivity contribution in [3.63, 3.8) is 0 Å². The number of benzene rings is 2. The van der Waals surface area contributed by atoms with Gasteiger partial charge in [-0.1, -0.05) is 0 Å². The molecule has 0 aliphatic heterocycles. The van der Waals surface area contributed by atoms with Crippen LogP contribution in [-0.4, -0.2) is 22.4 Å². The average molecular weight is 292 g/mol. The summed E-state index contributed by atoms with van der Waals surface area (Å²) in [7, 11) is 0. The van der Waals surface area contributed by atoms with E-state index < -0.39 is 18.9 Å². The standard InChI is InChI=1S/C13H13AsO3/c15-14(16,17)13(11-7-3-1-4-8-11)12-9-5-2-6-10-12/h1-10,13H,(H2,15,16,17). The summed E-state index contributed by atoms with van der Waals surface area (Å²) < 4.78 is 30.0. The van der Waals surface area contributed by atoms with E-state index in [2.05, 4.69) is 0 Å². The van der Waals surface area contributed by atoms with Crippen molar-refractivity contribution in [3.8, 4) is 0 Å². The van der Waals surface area contributed by atoms with Crippen LogP contribution < -0.4 is 0 Å². The Kier molecular flexibility index (Phi) is 3.53. The summed E-state index contributed by atoms with van der Waals surface area (Å²) >= 11 is -4.87. The summed E-state index contributed by atoms with van der Waals surface area (Å²) in [6.07, 6.45) is 0. The maximum absolute atomic E-state index is 11.7. The molecule has 0 unspecified atom stereocenters. The number of hydrogen-bond donors (Lipinski definition) is 2. The van der Waals surface area contributed by atoms with Gasteiger partial charge in [-0.05, 0) is 0 Å². The van der Waals surface area contributed by atoms with Crippen molar-refractivity contribution in [2.24, 2.45) is 0 Å². The molecule has 2 aromatic rings. The van der Waals surface area contributed by atoms with Gasteiger partial charge >= 0.3 is 103 Å². The van der Waals surface area contributed by atoms with Gasteiger partial charge in [0.05, 0.1) is 0 Å². The van der Waals surface area contributed by atoms with Gasteiger partial charge in [-0.3, -0.25) is 0 Å². The van der Waals surface area contributed by atoms with E-state index in [-0.39, 0.29) is 0 Å². The molecule has 0 bridgehead atoms. The Morgan fingerprint density at radius 3 is 1.41 bits per heavy atom. The molecule has 0 saturated heterocycles. The molecule has 88 valence electrons. The zero-order valence-electron chi connectivity index (χ0n) is 9.10. The van der Waals surface area contributed by atoms with Gasteiger partial charge in [0, 0.05) is 0 Å². The summed E-state index contributed by atoms with van der Waals surface area (Å²) in [4.78, 5) is 0. The van der Waals surface area contributed by atoms with Crippen molar-refractivity contribution < 1.29 is 11.9 Å². The second-order valence-corrected chi connectivity index (χ2v) is 7.37. The third-order valence-corrected chi connectivity index (χ3v) is 5.23. The molecule has 0 amide bonds. The molecular formula is C13H13AsO3. The van der Waals surface area contributed by atoms with Crippen LogP contribution in [0.15, 0.2) is 60.7 Å². The van der Waals surface area contributed by atoms with E-state index in [4.69, 9.17) is 0 Å². The van der Waals surface area contributed by atoms with E-state index in [0.29, 0.717) is 11.1 Å². The van der Waals surface area contributed by atoms with Crippen molar-refractivity contribution >= 4 is 14.2 Å². The Balaban J connectivity index is 2.52. The molecule has 2 aromatic carbocycles. The summed E-state index contributed by atoms with van der Waals surface area (Å²) in [6, 6.07) is 17.8. The third-order valence-electron chi connectivity index (χ3n) is 2.57. The first-order valence-corrected chi connectivity index (χ1v) is 8.77. The van der Waals surface area contributed by atoms with Crippen LogP contribution in [0.25, 0.3) is 0 Å². The van der Waals surface area contributed by atoms with Crippen LogP contribution in [0.4, 0.5) is 0 Å². The van der Waals surface area contributed by atoms with Gasteiger partial charge in [0.2, 0.25) is 0 Å². The molecule has 0 aliphatic rings. The van der Waals surface area contributed by atoms with Gasteiger partial charge in [0.1, 0.15) is 0 Å². The third kappa shape index (κ3) is 2.89. The van der Waals surface area contributed by atoms with E-state index in [9.17, 15) is 11.9 Å². The molecule has 17 heavy (non-hydrogen) atoms. The second kappa shape index (κ2) is 4.92. The topological polar surface area (TPSA) is 57.5 Å². The molecule has 0 radical (unpaired) electrons. The molecule has 3 nitrogen and oxygen atoms in total. The zero-order chi connectivity index (χ0) is 12.3. The van der Waals surface area contributed by atoms with E-state index in [1.54, 1.807) is 48.5 Å². The first kappa shape index (κ1) is 12.2. The monoisotopic (exact) mass is 292 g/mol. The van der Waals surface area contributed by atoms with Crippen molar-refractivity contribution in [2.75, 3.05) is 0 Å². The van der Waals surface area contributed by atoms with Crippen LogP contribution in [0.2, 0.25) is 0 Å². The van der Waals surface area contributed by atoms with Crippen molar-refractivity contribution in [1.29, 1.82) is 0 Å². The molecule has 2 N–H and O–H groups in total. The average Bonchev–Trinajstić information content (AvgIpc) is 2.30. The fourth-order valence-corrected chi connectivity index (χ4v) is 4.20. The normalized spacial score (nSPS) is 11.7. The Hall–Kier alpha value is -1.28. The van der Waals surface area contributed by atoms with Crippen molar-refractivity contribution in [3.05, 3.63) is 71.8 Å². The molecule has 0 spiro atoms. The SMILES string of the molecule is O=[As](O)(O)C(c1ccccc1)c1ccccc1. The summed E-state index contributed by atoms with van der Waals surface area (Å²) in [6.45, 7) is 0. The zero-order valence-corrected chi connectivity index (χ0v) is 11.0. The minimum absolute atomic E-state index is 0.659. The minimum atomic E-state index is -4.87. The molecule has 0 aliphatic carbocycles. The van der Waals surface area contributed by atoms with Crippen LogP contribution in [0, 0.1) is 0 Å². The Labute approximate surface area is 103 Å². The van der Waals surface area contributed by atoms with E-state index >= 15 is 0 Å². The number of hydrogen-bond acceptors (Lipinski definition) is 1. The van der Waals surface area contributed by atoms with Gasteiger partial charge in [-0.2, -0.15) is 0 Å². The summed E-state index contributed by atoms with van der Waals surface area (Å²) in [5.41, 5.74) is 1.32. The van der Waals surface area contributed by atoms with Crippen molar-refractivity contribution in [2.45, 2.75) is 4.71 Å². The first-order valence-electron chi connectivity index (χ1n) is 5.24. The van der Waals surface area contributed by atoms with Gasteiger partial charge in [-0.25, -0.2) is 0 Å². The first-order chi connectivity index (χ1) is 8.09. The second-order valence-electron chi connectivity index (χ2n) is 3.81. The quantitative estimate of drug-likeness (QED) is 0.847. The van der Waals surface area contributed by atoms with Gasteiger partial charge in [0.25, 0.3) is 0 Å². The molecule has 0 fully saturated rings. The fraction of sp³-hybridized carbons (Fsp3) is 0.0769. The Morgan fingerprint density at radius 1 is 0.765 bits per heavy atom. The van der Waals surface area contributed by atoms with E-state index in [0.717, 1.165) is 0 Å². The van der Waals surface area contributed by atoms with Crippen LogP contribution in [0.5, 0.6) is 0 Å². The molecule has 0 aromatic heterocycles. The Morgan fingerprint density at radius 2 is 1.12 bits per heavy atom. The van der Waals surface area contributed by atoms with Gasteiger partial charge in [-0.15, -0.1) is 0 Å². The predicted molar refractivity (Wildman–Crippen MR) is 65.6 cm³/mol. The van der Waals surface area contributed by atoms with E-state index in [1.165, 1.54) is 0 Å². The van der Waals surface area contributed by atoms with Gasteiger partial charge in [0.15, 0.2) is 0 Å². The Bertz CT molecular complexity index is 479. The summed E-state index contributed by atoms with van der Waals surface area (Å²) in [5.74, 6) is 0. The van der Waals surface area contributed by atoms with Gasteiger partial charge < -0.3 is 0 Å². The fourth-order valence-electron chi connectivity index (χ4n) is 1.85. The van der Waals surface area contributed by atoms with Crippen LogP contribution in [-0.2, 0) is 3.74 Å². The molecule has 0 heterocycles. The molecular weight excluding hydrogens is 279 g/mol. The predicted octanol–water partition coefficient (Wildman–Crippen LogP) is 1.71. The summed E-state index contributed by atoms with van der Waals surface area (Å²) in [5, 5.41) is 0. The molecule has 4 heteroatoms. The molecule has 2 rings (SSSR count). The maximum atomic E-state index is 11.7. The van der Waals surface area contributed by atoms with Crippen LogP contribution >= 0.6 is 0 Å². The molecule has 0 atom stereocenters. The van der Waals surface area contributed by atoms with Crippen molar-refractivity contribution in [1.82, 2.24) is 0 Å². The number of rotatable bonds is 3. The van der Waals surface area contributed by atoms with E-state index in [1.807, 2.05) is 12.1 Å². The molecule has 0 saturated carbocycles. The van der Waals surface area contributed by atoms with Crippen LogP contribution in [0.3, 0.4) is 0 Å².